The highest BCUT2D eigenvalue weighted by Gasteiger charge is 2.52. The number of aliphatic hydroxyl groups is 2. The van der Waals surface area contributed by atoms with Crippen molar-refractivity contribution in [1.82, 2.24) is 0 Å². The molecule has 8 N–H and O–H groups in total. The van der Waals surface area contributed by atoms with Crippen molar-refractivity contribution in [1.29, 1.82) is 0 Å². The summed E-state index contributed by atoms with van der Waals surface area (Å²) in [4.78, 5) is 36.5. The fraction of sp³-hybridized carbons (Fsp3) is 0.261. The van der Waals surface area contributed by atoms with E-state index in [0.29, 0.717) is 0 Å². The molecule has 0 radical (unpaired) electrons. The number of aromatic hydroxyl groups is 5. The van der Waals surface area contributed by atoms with E-state index >= 15 is 0 Å². The number of aliphatic hydroxyl groups excluding tert-OH is 1. The first-order valence-corrected chi connectivity index (χ1v) is 10.3. The average Bonchev–Trinajstić information content (AvgIpc) is 2.80. The first-order valence-electron chi connectivity index (χ1n) is 10.3. The number of aliphatic carboxylic acids is 1. The summed E-state index contributed by atoms with van der Waals surface area (Å²) >= 11 is 0. The molecule has 13 heteroatoms. The number of esters is 2. The molecule has 192 valence electrons. The van der Waals surface area contributed by atoms with Gasteiger partial charge in [-0.15, -0.1) is 0 Å². The van der Waals surface area contributed by atoms with Crippen molar-refractivity contribution in [3.05, 3.63) is 47.5 Å². The maximum Gasteiger partial charge on any atom is 0.338 e. The maximum atomic E-state index is 12.6. The highest BCUT2D eigenvalue weighted by Crippen LogP contribution is 2.37. The van der Waals surface area contributed by atoms with Gasteiger partial charge in [0.1, 0.15) is 6.10 Å². The quantitative estimate of drug-likeness (QED) is 0.150. The SMILES string of the molecule is O=C(C=Cc1ccc(O)c(O)c1)O[C@@H]1C[C@](O)(C(=O)O)C[C@@H](O)[C@H]1OC(=O)c1cc(O)c(O)c(O)c1. The van der Waals surface area contributed by atoms with Crippen molar-refractivity contribution < 1.29 is 64.7 Å². The number of hydrogen-bond donors (Lipinski definition) is 8. The second-order valence-corrected chi connectivity index (χ2v) is 8.10. The Morgan fingerprint density at radius 2 is 1.53 bits per heavy atom. The van der Waals surface area contributed by atoms with E-state index in [0.717, 1.165) is 24.3 Å². The molecule has 0 spiro atoms. The molecule has 1 saturated carbocycles. The molecule has 1 aliphatic rings. The lowest BCUT2D eigenvalue weighted by Gasteiger charge is -2.40. The molecule has 0 unspecified atom stereocenters. The van der Waals surface area contributed by atoms with Crippen molar-refractivity contribution in [3.8, 4) is 28.7 Å². The van der Waals surface area contributed by atoms with E-state index in [1.54, 1.807) is 0 Å². The minimum Gasteiger partial charge on any atom is -0.504 e. The molecule has 4 atom stereocenters. The Morgan fingerprint density at radius 1 is 0.889 bits per heavy atom. The van der Waals surface area contributed by atoms with E-state index < -0.39 is 89.0 Å². The molecule has 0 saturated heterocycles. The van der Waals surface area contributed by atoms with Gasteiger partial charge in [0.05, 0.1) is 11.7 Å². The van der Waals surface area contributed by atoms with Gasteiger partial charge in [0, 0.05) is 18.9 Å². The van der Waals surface area contributed by atoms with E-state index in [2.05, 4.69) is 0 Å². The third-order valence-corrected chi connectivity index (χ3v) is 5.46. The molecule has 0 aliphatic heterocycles. The van der Waals surface area contributed by atoms with Crippen LogP contribution in [0.1, 0.15) is 28.8 Å². The largest absolute Gasteiger partial charge is 0.504 e. The normalized spacial score (nSPS) is 23.8. The van der Waals surface area contributed by atoms with E-state index in [1.807, 2.05) is 0 Å². The number of phenols is 5. The predicted octanol–water partition coefficient (Wildman–Crippen LogP) is 0.336. The Bertz CT molecular complexity index is 1200. The summed E-state index contributed by atoms with van der Waals surface area (Å²) in [5, 5.41) is 77.7. The number of carbonyl (C=O) groups excluding carboxylic acids is 2. The molecule has 1 aliphatic carbocycles. The topological polar surface area (TPSA) is 232 Å². The van der Waals surface area contributed by atoms with Crippen LogP contribution in [0.15, 0.2) is 36.4 Å². The minimum absolute atomic E-state index is 0.280. The summed E-state index contributed by atoms with van der Waals surface area (Å²) in [5.41, 5.74) is -2.69. The van der Waals surface area contributed by atoms with Gasteiger partial charge in [0.15, 0.2) is 40.5 Å². The third kappa shape index (κ3) is 5.59. The van der Waals surface area contributed by atoms with Gasteiger partial charge in [-0.1, -0.05) is 6.07 Å². The number of hydrogen-bond acceptors (Lipinski definition) is 12. The van der Waals surface area contributed by atoms with E-state index in [9.17, 15) is 55.2 Å². The van der Waals surface area contributed by atoms with Gasteiger partial charge in [-0.05, 0) is 35.9 Å². The van der Waals surface area contributed by atoms with Crippen molar-refractivity contribution >= 4 is 24.0 Å². The van der Waals surface area contributed by atoms with Crippen molar-refractivity contribution in [2.24, 2.45) is 0 Å². The lowest BCUT2D eigenvalue weighted by molar-refractivity contribution is -0.196. The highest BCUT2D eigenvalue weighted by atomic mass is 16.6. The van der Waals surface area contributed by atoms with Gasteiger partial charge in [0.25, 0.3) is 0 Å². The van der Waals surface area contributed by atoms with Crippen LogP contribution in [-0.2, 0) is 19.1 Å². The number of carbonyl (C=O) groups is 3. The molecule has 0 bridgehead atoms. The molecule has 2 aromatic rings. The summed E-state index contributed by atoms with van der Waals surface area (Å²) in [6.45, 7) is 0. The smallest absolute Gasteiger partial charge is 0.338 e. The minimum atomic E-state index is -2.52. The molecule has 3 rings (SSSR count). The van der Waals surface area contributed by atoms with E-state index in [-0.39, 0.29) is 5.56 Å². The van der Waals surface area contributed by atoms with Crippen LogP contribution >= 0.6 is 0 Å². The van der Waals surface area contributed by atoms with Gasteiger partial charge in [-0.2, -0.15) is 0 Å². The average molecular weight is 506 g/mol. The van der Waals surface area contributed by atoms with Crippen LogP contribution in [0.4, 0.5) is 0 Å². The van der Waals surface area contributed by atoms with Crippen LogP contribution in [0, 0.1) is 0 Å². The Kier molecular flexibility index (Phi) is 7.27. The van der Waals surface area contributed by atoms with Gasteiger partial charge >= 0.3 is 17.9 Å². The molecule has 36 heavy (non-hydrogen) atoms. The lowest BCUT2D eigenvalue weighted by atomic mass is 9.79. The number of carboxylic acids is 1. The molecule has 0 aromatic heterocycles. The Balaban J connectivity index is 1.83. The van der Waals surface area contributed by atoms with Crippen LogP contribution in [-0.4, -0.2) is 82.7 Å². The summed E-state index contributed by atoms with van der Waals surface area (Å²) in [7, 11) is 0. The van der Waals surface area contributed by atoms with Gasteiger partial charge in [-0.25, -0.2) is 14.4 Å². The molecule has 2 aromatic carbocycles. The molecule has 0 amide bonds. The number of rotatable bonds is 6. The predicted molar refractivity (Wildman–Crippen MR) is 117 cm³/mol. The molecule has 0 heterocycles. The second-order valence-electron chi connectivity index (χ2n) is 8.10. The van der Waals surface area contributed by atoms with Gasteiger partial charge in [-0.3, -0.25) is 0 Å². The summed E-state index contributed by atoms with van der Waals surface area (Å²) in [6, 6.07) is 5.19. The zero-order chi connectivity index (χ0) is 26.8. The molecule has 1 fully saturated rings. The lowest BCUT2D eigenvalue weighted by Crippen LogP contribution is -2.58. The number of ether oxygens (including phenoxy) is 2. The van der Waals surface area contributed by atoms with Crippen LogP contribution in [0.25, 0.3) is 6.08 Å². The number of benzene rings is 2. The second kappa shape index (κ2) is 10.0. The van der Waals surface area contributed by atoms with Crippen LogP contribution in [0.5, 0.6) is 28.7 Å². The zero-order valence-corrected chi connectivity index (χ0v) is 18.3. The number of carboxylic acid groups (broad SMARTS) is 1. The van der Waals surface area contributed by atoms with Crippen LogP contribution < -0.4 is 0 Å². The fourth-order valence-electron chi connectivity index (χ4n) is 3.59. The Hall–Kier alpha value is -4.49. The maximum absolute atomic E-state index is 12.6. The highest BCUT2D eigenvalue weighted by molar-refractivity contribution is 5.91. The Labute approximate surface area is 202 Å². The first kappa shape index (κ1) is 26.1. The van der Waals surface area contributed by atoms with E-state index in [1.165, 1.54) is 18.2 Å². The summed E-state index contributed by atoms with van der Waals surface area (Å²) in [6.07, 6.45) is -4.59. The van der Waals surface area contributed by atoms with Gasteiger partial charge < -0.3 is 50.3 Å². The first-order chi connectivity index (χ1) is 16.8. The zero-order valence-electron chi connectivity index (χ0n) is 18.3. The summed E-state index contributed by atoms with van der Waals surface area (Å²) in [5.74, 6) is -7.46. The monoisotopic (exact) mass is 506 g/mol. The van der Waals surface area contributed by atoms with Crippen molar-refractivity contribution in [3.63, 3.8) is 0 Å². The van der Waals surface area contributed by atoms with Gasteiger partial charge in [0.2, 0.25) is 0 Å². The summed E-state index contributed by atoms with van der Waals surface area (Å²) < 4.78 is 10.3. The fourth-order valence-corrected chi connectivity index (χ4v) is 3.59. The van der Waals surface area contributed by atoms with Crippen molar-refractivity contribution in [2.45, 2.75) is 36.8 Å². The Morgan fingerprint density at radius 3 is 2.11 bits per heavy atom. The molecular weight excluding hydrogens is 484 g/mol. The standard InChI is InChI=1S/C23H22O13/c24-12-3-1-10(5-13(12)25)2-4-18(29)35-17-9-23(34,22(32)33)8-16(28)20(17)36-21(31)11-6-14(26)19(30)15(27)7-11/h1-7,16-17,20,24-28,30,34H,8-9H2,(H,32,33)/t16-,17-,20-,23+/m1/s1. The third-order valence-electron chi connectivity index (χ3n) is 5.46. The van der Waals surface area contributed by atoms with Crippen LogP contribution in [0.3, 0.4) is 0 Å². The van der Waals surface area contributed by atoms with Crippen LogP contribution in [0.2, 0.25) is 0 Å². The van der Waals surface area contributed by atoms with E-state index in [4.69, 9.17) is 9.47 Å². The molecule has 13 nitrogen and oxygen atoms in total. The number of phenolic OH excluding ortho intramolecular Hbond substituents is 5. The van der Waals surface area contributed by atoms with Crippen molar-refractivity contribution in [2.75, 3.05) is 0 Å². The molecular formula is C23H22O13.